The van der Waals surface area contributed by atoms with Crippen LogP contribution >= 0.6 is 0 Å². The molecule has 0 N–H and O–H groups in total. The Morgan fingerprint density at radius 2 is 2.00 bits per heavy atom. The normalized spacial score (nSPS) is 12.1. The minimum Gasteiger partial charge on any atom is -0.379 e. The Morgan fingerprint density at radius 3 is 2.36 bits per heavy atom. The Morgan fingerprint density at radius 1 is 1.45 bits per heavy atom. The molecule has 0 amide bonds. The highest BCUT2D eigenvalue weighted by atomic mass is 16.5. The fourth-order valence-electron chi connectivity index (χ4n) is 0.617. The molecule has 0 aliphatic heterocycles. The van der Waals surface area contributed by atoms with Crippen molar-refractivity contribution in [3.05, 3.63) is 0 Å². The average molecular weight is 158 g/mol. The Bertz CT molecular complexity index is 117. The molecule has 2 heteroatoms. The summed E-state index contributed by atoms with van der Waals surface area (Å²) in [5, 5.41) is 0. The van der Waals surface area contributed by atoms with Gasteiger partial charge < -0.3 is 9.53 Å². The molecular weight excluding hydrogens is 140 g/mol. The Kier molecular flexibility index (Phi) is 4.34. The largest absolute Gasteiger partial charge is 0.379 e. The first-order chi connectivity index (χ1) is 4.98. The second-order valence-corrected chi connectivity index (χ2v) is 3.78. The van der Waals surface area contributed by atoms with Gasteiger partial charge in [-0.15, -0.1) is 0 Å². The van der Waals surface area contributed by atoms with Gasteiger partial charge in [0.2, 0.25) is 0 Å². The zero-order chi connectivity index (χ0) is 8.91. The summed E-state index contributed by atoms with van der Waals surface area (Å²) < 4.78 is 5.32. The van der Waals surface area contributed by atoms with Crippen LogP contribution in [0.3, 0.4) is 0 Å². The molecule has 0 aromatic heterocycles. The van der Waals surface area contributed by atoms with Crippen molar-refractivity contribution in [2.75, 3.05) is 6.61 Å². The van der Waals surface area contributed by atoms with Crippen molar-refractivity contribution in [2.24, 2.45) is 5.41 Å². The molecule has 0 saturated carbocycles. The van der Waals surface area contributed by atoms with E-state index in [1.807, 2.05) is 27.7 Å². The van der Waals surface area contributed by atoms with Gasteiger partial charge >= 0.3 is 0 Å². The number of rotatable bonds is 5. The average Bonchev–Trinajstić information content (AvgIpc) is 1.87. The van der Waals surface area contributed by atoms with Gasteiger partial charge in [-0.3, -0.25) is 0 Å². The lowest BCUT2D eigenvalue weighted by Crippen LogP contribution is -2.17. The summed E-state index contributed by atoms with van der Waals surface area (Å²) in [4.78, 5) is 10.4. The van der Waals surface area contributed by atoms with E-state index in [9.17, 15) is 4.79 Å². The van der Waals surface area contributed by atoms with Crippen LogP contribution in [0.15, 0.2) is 0 Å². The van der Waals surface area contributed by atoms with Gasteiger partial charge in [0.25, 0.3) is 0 Å². The molecule has 0 saturated heterocycles. The number of carbonyl (C=O) groups is 1. The molecule has 0 unspecified atom stereocenters. The quantitative estimate of drug-likeness (QED) is 0.572. The molecule has 0 aromatic carbocycles. The summed E-state index contributed by atoms with van der Waals surface area (Å²) in [5.41, 5.74) is -0.227. The van der Waals surface area contributed by atoms with Crippen molar-refractivity contribution < 1.29 is 9.53 Å². The third-order valence-corrected chi connectivity index (χ3v) is 1.52. The minimum atomic E-state index is -0.227. The van der Waals surface area contributed by atoms with Crippen LogP contribution in [-0.2, 0) is 9.53 Å². The molecule has 0 bridgehead atoms. The Hall–Kier alpha value is -0.370. The van der Waals surface area contributed by atoms with Gasteiger partial charge in [-0.1, -0.05) is 13.8 Å². The van der Waals surface area contributed by atoms with Crippen LogP contribution in [0.1, 0.15) is 34.1 Å². The van der Waals surface area contributed by atoms with E-state index < -0.39 is 0 Å². The molecule has 0 spiro atoms. The van der Waals surface area contributed by atoms with Gasteiger partial charge in [0.05, 0.1) is 6.10 Å². The highest BCUT2D eigenvalue weighted by Crippen LogP contribution is 2.16. The van der Waals surface area contributed by atoms with Crippen molar-refractivity contribution in [1.82, 2.24) is 0 Å². The lowest BCUT2D eigenvalue weighted by atomic mass is 9.92. The first-order valence-corrected chi connectivity index (χ1v) is 4.06. The van der Waals surface area contributed by atoms with E-state index in [0.717, 1.165) is 12.7 Å². The number of hydrogen-bond donors (Lipinski definition) is 0. The van der Waals surface area contributed by atoms with Crippen LogP contribution in [0.5, 0.6) is 0 Å². The SMILES string of the molecule is CC(C)OCCC(C)(C)C=O. The summed E-state index contributed by atoms with van der Waals surface area (Å²) in [6, 6.07) is 0. The summed E-state index contributed by atoms with van der Waals surface area (Å²) in [6.07, 6.45) is 2.04. The van der Waals surface area contributed by atoms with Crippen LogP contribution in [0.2, 0.25) is 0 Å². The Balaban J connectivity index is 3.45. The van der Waals surface area contributed by atoms with Crippen LogP contribution in [0, 0.1) is 5.41 Å². The van der Waals surface area contributed by atoms with E-state index in [4.69, 9.17) is 4.74 Å². The van der Waals surface area contributed by atoms with Crippen molar-refractivity contribution in [3.63, 3.8) is 0 Å². The zero-order valence-corrected chi connectivity index (χ0v) is 7.89. The van der Waals surface area contributed by atoms with Crippen molar-refractivity contribution in [2.45, 2.75) is 40.2 Å². The molecule has 0 rings (SSSR count). The van der Waals surface area contributed by atoms with Gasteiger partial charge in [0.15, 0.2) is 0 Å². The van der Waals surface area contributed by atoms with Gasteiger partial charge in [0, 0.05) is 12.0 Å². The Labute approximate surface area is 68.9 Å². The highest BCUT2D eigenvalue weighted by molar-refractivity contribution is 5.57. The van der Waals surface area contributed by atoms with Gasteiger partial charge in [-0.2, -0.15) is 0 Å². The van der Waals surface area contributed by atoms with E-state index >= 15 is 0 Å². The fraction of sp³-hybridized carbons (Fsp3) is 0.889. The molecule has 0 aliphatic rings. The van der Waals surface area contributed by atoms with Crippen molar-refractivity contribution >= 4 is 6.29 Å². The number of hydrogen-bond acceptors (Lipinski definition) is 2. The smallest absolute Gasteiger partial charge is 0.125 e. The highest BCUT2D eigenvalue weighted by Gasteiger charge is 2.15. The molecular formula is C9H18O2. The molecule has 0 atom stereocenters. The summed E-state index contributed by atoms with van der Waals surface area (Å²) >= 11 is 0. The summed E-state index contributed by atoms with van der Waals surface area (Å²) in [7, 11) is 0. The number of ether oxygens (including phenoxy) is 1. The van der Waals surface area contributed by atoms with E-state index in [-0.39, 0.29) is 11.5 Å². The van der Waals surface area contributed by atoms with Crippen LogP contribution in [0.4, 0.5) is 0 Å². The number of aldehydes is 1. The molecule has 0 heterocycles. The second kappa shape index (κ2) is 4.50. The molecule has 0 fully saturated rings. The van der Waals surface area contributed by atoms with E-state index in [0.29, 0.717) is 6.61 Å². The lowest BCUT2D eigenvalue weighted by molar-refractivity contribution is -0.115. The predicted octanol–water partition coefficient (Wildman–Crippen LogP) is 2.03. The van der Waals surface area contributed by atoms with Crippen molar-refractivity contribution in [3.8, 4) is 0 Å². The van der Waals surface area contributed by atoms with Crippen LogP contribution in [-0.4, -0.2) is 19.0 Å². The van der Waals surface area contributed by atoms with E-state index in [2.05, 4.69) is 0 Å². The maximum Gasteiger partial charge on any atom is 0.125 e. The monoisotopic (exact) mass is 158 g/mol. The predicted molar refractivity (Wildman–Crippen MR) is 45.6 cm³/mol. The molecule has 0 radical (unpaired) electrons. The number of carbonyl (C=O) groups excluding carboxylic acids is 1. The van der Waals surface area contributed by atoms with E-state index in [1.54, 1.807) is 0 Å². The van der Waals surface area contributed by atoms with Gasteiger partial charge in [-0.05, 0) is 20.3 Å². The van der Waals surface area contributed by atoms with Crippen molar-refractivity contribution in [1.29, 1.82) is 0 Å². The maximum absolute atomic E-state index is 10.4. The third-order valence-electron chi connectivity index (χ3n) is 1.52. The molecule has 2 nitrogen and oxygen atoms in total. The second-order valence-electron chi connectivity index (χ2n) is 3.78. The standard InChI is InChI=1S/C9H18O2/c1-8(2)11-6-5-9(3,4)7-10/h7-8H,5-6H2,1-4H3. The fourth-order valence-corrected chi connectivity index (χ4v) is 0.617. The zero-order valence-electron chi connectivity index (χ0n) is 7.89. The molecule has 11 heavy (non-hydrogen) atoms. The van der Waals surface area contributed by atoms with E-state index in [1.165, 1.54) is 0 Å². The first kappa shape index (κ1) is 10.6. The summed E-state index contributed by atoms with van der Waals surface area (Å²) in [6.45, 7) is 8.50. The third kappa shape index (κ3) is 6.05. The van der Waals surface area contributed by atoms with Crippen LogP contribution in [0.25, 0.3) is 0 Å². The van der Waals surface area contributed by atoms with Crippen LogP contribution < -0.4 is 0 Å². The molecule has 0 aliphatic carbocycles. The maximum atomic E-state index is 10.4. The molecule has 66 valence electrons. The minimum absolute atomic E-state index is 0.227. The van der Waals surface area contributed by atoms with Gasteiger partial charge in [-0.25, -0.2) is 0 Å². The molecule has 0 aromatic rings. The van der Waals surface area contributed by atoms with Gasteiger partial charge in [0.1, 0.15) is 6.29 Å². The first-order valence-electron chi connectivity index (χ1n) is 4.06. The summed E-state index contributed by atoms with van der Waals surface area (Å²) in [5.74, 6) is 0. The topological polar surface area (TPSA) is 26.3 Å². The lowest BCUT2D eigenvalue weighted by Gasteiger charge is -2.17.